The molecule has 0 bridgehead atoms. The lowest BCUT2D eigenvalue weighted by atomic mass is 10.3. The van der Waals surface area contributed by atoms with Crippen LogP contribution in [0.5, 0.6) is 0 Å². The van der Waals surface area contributed by atoms with Crippen LogP contribution in [0.15, 0.2) is 23.5 Å². The monoisotopic (exact) mass is 170 g/mol. The Morgan fingerprint density at radius 2 is 2.36 bits per heavy atom. The fourth-order valence-corrected chi connectivity index (χ4v) is 0.759. The van der Waals surface area contributed by atoms with E-state index in [1.807, 2.05) is 6.92 Å². The Labute approximate surface area is 69.3 Å². The molecule has 0 aliphatic carbocycles. The molecular formula is C7H7ClN2O. The molecule has 0 amide bonds. The van der Waals surface area contributed by atoms with Gasteiger partial charge in [-0.15, -0.1) is 0 Å². The Bertz CT molecular complexity index is 268. The molecule has 1 aromatic rings. The molecule has 1 aromatic heterocycles. The van der Waals surface area contributed by atoms with E-state index in [0.29, 0.717) is 5.56 Å². The van der Waals surface area contributed by atoms with Crippen molar-refractivity contribution in [2.75, 3.05) is 0 Å². The molecule has 0 atom stereocenters. The lowest BCUT2D eigenvalue weighted by Gasteiger charge is -1.94. The van der Waals surface area contributed by atoms with Crippen molar-refractivity contribution in [3.8, 4) is 0 Å². The maximum atomic E-state index is 8.29. The van der Waals surface area contributed by atoms with E-state index < -0.39 is 0 Å². The summed E-state index contributed by atoms with van der Waals surface area (Å²) in [5.74, 6) is 0. The molecular weight excluding hydrogens is 164 g/mol. The van der Waals surface area contributed by atoms with Crippen LogP contribution in [0.4, 0.5) is 0 Å². The number of rotatable bonds is 1. The third-order valence-corrected chi connectivity index (χ3v) is 1.53. The average molecular weight is 171 g/mol. The highest BCUT2D eigenvalue weighted by Crippen LogP contribution is 2.03. The van der Waals surface area contributed by atoms with Crippen LogP contribution in [0.25, 0.3) is 0 Å². The van der Waals surface area contributed by atoms with Gasteiger partial charge >= 0.3 is 0 Å². The molecule has 1 N–H and O–H groups in total. The van der Waals surface area contributed by atoms with E-state index >= 15 is 0 Å². The number of halogens is 1. The number of hydrogen-bond donors (Lipinski definition) is 1. The number of aromatic nitrogens is 1. The zero-order chi connectivity index (χ0) is 8.27. The van der Waals surface area contributed by atoms with Crippen LogP contribution in [0, 0.1) is 6.92 Å². The highest BCUT2D eigenvalue weighted by Gasteiger charge is 1.98. The quantitative estimate of drug-likeness (QED) is 0.397. The van der Waals surface area contributed by atoms with Crippen molar-refractivity contribution >= 4 is 16.8 Å². The Balaban J connectivity index is 2.99. The standard InChI is InChI=1S/C7H7ClN2O/c1-5-2-3-6(4-9-5)7(8)10-11/h2-4,11H,1H3. The molecule has 0 radical (unpaired) electrons. The smallest absolute Gasteiger partial charge is 0.176 e. The fourth-order valence-electron chi connectivity index (χ4n) is 0.648. The average Bonchev–Trinajstić information content (AvgIpc) is 2.05. The predicted molar refractivity (Wildman–Crippen MR) is 43.2 cm³/mol. The van der Waals surface area contributed by atoms with Gasteiger partial charge in [0.1, 0.15) is 0 Å². The summed E-state index contributed by atoms with van der Waals surface area (Å²) in [6, 6.07) is 3.54. The molecule has 1 rings (SSSR count). The lowest BCUT2D eigenvalue weighted by Crippen LogP contribution is -1.92. The third kappa shape index (κ3) is 1.91. The second kappa shape index (κ2) is 3.34. The van der Waals surface area contributed by atoms with E-state index in [-0.39, 0.29) is 5.17 Å². The van der Waals surface area contributed by atoms with Crippen molar-refractivity contribution in [3.63, 3.8) is 0 Å². The van der Waals surface area contributed by atoms with Crippen LogP contribution in [0.3, 0.4) is 0 Å². The Hall–Kier alpha value is -1.09. The maximum absolute atomic E-state index is 8.29. The molecule has 0 aliphatic rings. The predicted octanol–water partition coefficient (Wildman–Crippen LogP) is 1.76. The van der Waals surface area contributed by atoms with E-state index in [4.69, 9.17) is 16.8 Å². The van der Waals surface area contributed by atoms with Crippen LogP contribution < -0.4 is 0 Å². The van der Waals surface area contributed by atoms with Crippen molar-refractivity contribution in [3.05, 3.63) is 29.6 Å². The van der Waals surface area contributed by atoms with Gasteiger partial charge in [0.25, 0.3) is 0 Å². The minimum atomic E-state index is 0.0532. The first-order valence-corrected chi connectivity index (χ1v) is 3.42. The molecule has 0 fully saturated rings. The summed E-state index contributed by atoms with van der Waals surface area (Å²) in [5, 5.41) is 11.2. The Morgan fingerprint density at radius 1 is 1.64 bits per heavy atom. The molecule has 0 aromatic carbocycles. The van der Waals surface area contributed by atoms with Crippen molar-refractivity contribution in [1.82, 2.24) is 4.98 Å². The summed E-state index contributed by atoms with van der Waals surface area (Å²) in [4.78, 5) is 3.97. The first kappa shape index (κ1) is 8.01. The molecule has 1 heterocycles. The fraction of sp³-hybridized carbons (Fsp3) is 0.143. The van der Waals surface area contributed by atoms with E-state index in [1.165, 1.54) is 0 Å². The van der Waals surface area contributed by atoms with E-state index in [0.717, 1.165) is 5.69 Å². The number of hydrogen-bond acceptors (Lipinski definition) is 3. The van der Waals surface area contributed by atoms with Crippen molar-refractivity contribution < 1.29 is 5.21 Å². The number of oxime groups is 1. The maximum Gasteiger partial charge on any atom is 0.176 e. The number of nitrogens with zero attached hydrogens (tertiary/aromatic N) is 2. The zero-order valence-corrected chi connectivity index (χ0v) is 6.71. The molecule has 0 saturated heterocycles. The van der Waals surface area contributed by atoms with Crippen molar-refractivity contribution in [2.24, 2.45) is 5.16 Å². The van der Waals surface area contributed by atoms with Gasteiger partial charge in [-0.3, -0.25) is 4.98 Å². The molecule has 58 valence electrons. The third-order valence-electron chi connectivity index (χ3n) is 1.24. The van der Waals surface area contributed by atoms with Gasteiger partial charge in [0.15, 0.2) is 5.17 Å². The molecule has 0 spiro atoms. The summed E-state index contributed by atoms with van der Waals surface area (Å²) in [5.41, 5.74) is 1.51. The van der Waals surface area contributed by atoms with Gasteiger partial charge < -0.3 is 5.21 Å². The molecule has 0 aliphatic heterocycles. The molecule has 0 unspecified atom stereocenters. The Morgan fingerprint density at radius 3 is 2.82 bits per heavy atom. The first-order valence-electron chi connectivity index (χ1n) is 3.04. The molecule has 3 nitrogen and oxygen atoms in total. The van der Waals surface area contributed by atoms with Gasteiger partial charge in [0.2, 0.25) is 0 Å². The lowest BCUT2D eigenvalue weighted by molar-refractivity contribution is 0.321. The van der Waals surface area contributed by atoms with Gasteiger partial charge in [0.05, 0.1) is 0 Å². The normalized spacial score (nSPS) is 11.6. The van der Waals surface area contributed by atoms with Gasteiger partial charge in [-0.2, -0.15) is 0 Å². The minimum Gasteiger partial charge on any atom is -0.410 e. The summed E-state index contributed by atoms with van der Waals surface area (Å²) in [7, 11) is 0. The summed E-state index contributed by atoms with van der Waals surface area (Å²) in [6.07, 6.45) is 1.55. The minimum absolute atomic E-state index is 0.0532. The van der Waals surface area contributed by atoms with Gasteiger partial charge in [-0.1, -0.05) is 16.8 Å². The van der Waals surface area contributed by atoms with E-state index in [9.17, 15) is 0 Å². The first-order chi connectivity index (χ1) is 5.24. The van der Waals surface area contributed by atoms with Crippen LogP contribution >= 0.6 is 11.6 Å². The highest BCUT2D eigenvalue weighted by atomic mass is 35.5. The van der Waals surface area contributed by atoms with Gasteiger partial charge in [-0.25, -0.2) is 0 Å². The zero-order valence-electron chi connectivity index (χ0n) is 5.95. The van der Waals surface area contributed by atoms with E-state index in [2.05, 4.69) is 10.1 Å². The summed E-state index contributed by atoms with van der Waals surface area (Å²) < 4.78 is 0. The van der Waals surface area contributed by atoms with Gasteiger partial charge in [0, 0.05) is 17.5 Å². The van der Waals surface area contributed by atoms with Crippen LogP contribution in [-0.4, -0.2) is 15.4 Å². The van der Waals surface area contributed by atoms with Crippen LogP contribution in [-0.2, 0) is 0 Å². The number of aryl methyl sites for hydroxylation is 1. The Kier molecular flexibility index (Phi) is 2.44. The van der Waals surface area contributed by atoms with Gasteiger partial charge in [-0.05, 0) is 19.1 Å². The number of pyridine rings is 1. The summed E-state index contributed by atoms with van der Waals surface area (Å²) >= 11 is 5.50. The second-order valence-electron chi connectivity index (χ2n) is 2.08. The van der Waals surface area contributed by atoms with Crippen molar-refractivity contribution in [2.45, 2.75) is 6.92 Å². The topological polar surface area (TPSA) is 45.5 Å². The summed E-state index contributed by atoms with van der Waals surface area (Å²) in [6.45, 7) is 1.87. The van der Waals surface area contributed by atoms with Crippen LogP contribution in [0.1, 0.15) is 11.3 Å². The van der Waals surface area contributed by atoms with Crippen LogP contribution in [0.2, 0.25) is 0 Å². The van der Waals surface area contributed by atoms with E-state index in [1.54, 1.807) is 18.3 Å². The largest absolute Gasteiger partial charge is 0.410 e. The molecule has 4 heteroatoms. The molecule has 11 heavy (non-hydrogen) atoms. The SMILES string of the molecule is Cc1ccc(C(Cl)=NO)cn1. The van der Waals surface area contributed by atoms with Crippen molar-refractivity contribution in [1.29, 1.82) is 0 Å². The highest BCUT2D eigenvalue weighted by molar-refractivity contribution is 6.69. The second-order valence-corrected chi connectivity index (χ2v) is 2.44. The molecule has 0 saturated carbocycles.